The highest BCUT2D eigenvalue weighted by molar-refractivity contribution is 7.98. The van der Waals surface area contributed by atoms with Gasteiger partial charge in [0.05, 0.1) is 17.3 Å². The monoisotopic (exact) mass is 926 g/mol. The van der Waals surface area contributed by atoms with Crippen molar-refractivity contribution in [1.29, 1.82) is 0 Å². The van der Waals surface area contributed by atoms with Crippen molar-refractivity contribution in [3.05, 3.63) is 95.8 Å². The minimum atomic E-state index is -3.46. The predicted molar refractivity (Wildman–Crippen MR) is 233 cm³/mol. The molecule has 2 heterocycles. The number of aromatic nitrogens is 2. The van der Waals surface area contributed by atoms with Crippen LogP contribution < -0.4 is 30.7 Å². The van der Waals surface area contributed by atoms with Gasteiger partial charge >= 0.3 is 0 Å². The third-order valence-electron chi connectivity index (χ3n) is 10.2. The lowest BCUT2D eigenvalue weighted by molar-refractivity contribution is -0.126. The molecule has 0 radical (unpaired) electrons. The van der Waals surface area contributed by atoms with Gasteiger partial charge in [-0.25, -0.2) is 27.2 Å². The molecular formula is C44H52F2N6O10S2. The normalized spacial score (nSPS) is 18.3. The minimum absolute atomic E-state index is 0.000886. The maximum Gasteiger partial charge on any atom is 0.257 e. The van der Waals surface area contributed by atoms with E-state index < -0.39 is 33.3 Å². The molecule has 4 aromatic rings. The van der Waals surface area contributed by atoms with Crippen LogP contribution in [-0.2, 0) is 28.9 Å². The standard InChI is InChI=1S/C22H26FN3O6S.C22H26FN3O4S/c1-31-13-20(27)25-15-6-8-16(9-7-15)26-21(28)19-10-14(23)12-24-22(19)32-17-4-3-5-18(11-17)33(2,29)30;1-29-13-20(27)25-15-6-8-16(9-7-15)26-21(28)19-10-14(23)12-24-22(19)30-17-4-3-5-18(11-17)31-2/h3-5,10-12,15-16H,6-9,13H2,1-2H3,(H,25,27)(H,26,28);3-5,10-12,15-16H,6-9,13H2,1-2H3,(H,25,27)(H,26,28). The molecular weight excluding hydrogens is 875 g/mol. The summed E-state index contributed by atoms with van der Waals surface area (Å²) < 4.78 is 72.3. The van der Waals surface area contributed by atoms with Crippen LogP contribution in [0.2, 0.25) is 0 Å². The van der Waals surface area contributed by atoms with Crippen molar-refractivity contribution in [3.8, 4) is 23.3 Å². The number of benzene rings is 2. The zero-order chi connectivity index (χ0) is 46.2. The molecule has 4 N–H and O–H groups in total. The van der Waals surface area contributed by atoms with Crippen molar-refractivity contribution < 1.29 is 55.3 Å². The van der Waals surface area contributed by atoms with Crippen LogP contribution in [0.4, 0.5) is 8.78 Å². The second-order valence-corrected chi connectivity index (χ2v) is 18.1. The van der Waals surface area contributed by atoms with Gasteiger partial charge < -0.3 is 40.2 Å². The third-order valence-corrected chi connectivity index (χ3v) is 12.1. The van der Waals surface area contributed by atoms with Gasteiger partial charge in [-0.15, -0.1) is 11.8 Å². The number of nitrogens with zero attached hydrogens (tertiary/aromatic N) is 2. The molecule has 0 unspecified atom stereocenters. The highest BCUT2D eigenvalue weighted by Crippen LogP contribution is 2.29. The first-order chi connectivity index (χ1) is 30.6. The van der Waals surface area contributed by atoms with Crippen LogP contribution in [0.3, 0.4) is 0 Å². The Morgan fingerprint density at radius 2 is 1.05 bits per heavy atom. The molecule has 0 aliphatic heterocycles. The number of carbonyl (C=O) groups excluding carboxylic acids is 4. The number of hydrogen-bond donors (Lipinski definition) is 4. The van der Waals surface area contributed by atoms with Crippen LogP contribution in [0.25, 0.3) is 0 Å². The molecule has 2 saturated carbocycles. The number of hydrogen-bond acceptors (Lipinski definition) is 13. The van der Waals surface area contributed by atoms with E-state index in [1.807, 2.05) is 24.5 Å². The van der Waals surface area contributed by atoms with Crippen LogP contribution in [0.15, 0.2) is 82.8 Å². The fraction of sp³-hybridized carbons (Fsp3) is 0.409. The van der Waals surface area contributed by atoms with E-state index >= 15 is 0 Å². The Labute approximate surface area is 374 Å². The SMILES string of the molecule is COCC(=O)NC1CCC(NC(=O)c2cc(F)cnc2Oc2cccc(S(C)(=O)=O)c2)CC1.COCC(=O)NC1CCC(NC(=O)c2cc(F)cnc2Oc2cccc(SC)c2)CC1. The van der Waals surface area contributed by atoms with E-state index in [1.54, 1.807) is 17.8 Å². The first kappa shape index (κ1) is 49.3. The number of ether oxygens (including phenoxy) is 4. The van der Waals surface area contributed by atoms with Crippen molar-refractivity contribution in [3.63, 3.8) is 0 Å². The van der Waals surface area contributed by atoms with Crippen LogP contribution in [0.1, 0.15) is 72.1 Å². The Morgan fingerprint density at radius 3 is 1.45 bits per heavy atom. The zero-order valence-corrected chi connectivity index (χ0v) is 37.5. The Balaban J connectivity index is 0.000000241. The summed E-state index contributed by atoms with van der Waals surface area (Å²) in [6.07, 6.45) is 10.5. The lowest BCUT2D eigenvalue weighted by Gasteiger charge is -2.29. The molecule has 6 rings (SSSR count). The lowest BCUT2D eigenvalue weighted by Crippen LogP contribution is -2.44. The van der Waals surface area contributed by atoms with Gasteiger partial charge in [0.25, 0.3) is 11.8 Å². The summed E-state index contributed by atoms with van der Waals surface area (Å²) in [4.78, 5) is 57.9. The van der Waals surface area contributed by atoms with E-state index in [-0.39, 0.29) is 82.7 Å². The first-order valence-corrected chi connectivity index (χ1v) is 23.5. The zero-order valence-electron chi connectivity index (χ0n) is 35.9. The quantitative estimate of drug-likeness (QED) is 0.0986. The Kier molecular flexibility index (Phi) is 18.4. The molecule has 20 heteroatoms. The molecule has 4 amide bonds. The van der Waals surface area contributed by atoms with Gasteiger partial charge in [-0.05, 0) is 106 Å². The first-order valence-electron chi connectivity index (χ1n) is 20.4. The summed E-state index contributed by atoms with van der Waals surface area (Å²) in [5, 5.41) is 11.6. The van der Waals surface area contributed by atoms with Crippen molar-refractivity contribution in [2.75, 3.05) is 39.9 Å². The Bertz CT molecular complexity index is 2360. The number of pyridine rings is 2. The molecule has 2 fully saturated rings. The summed E-state index contributed by atoms with van der Waals surface area (Å²) in [6.45, 7) is 0.0327. The second kappa shape index (κ2) is 23.8. The molecule has 0 atom stereocenters. The number of nitrogens with one attached hydrogen (secondary N) is 4. The summed E-state index contributed by atoms with van der Waals surface area (Å²) in [5.41, 5.74) is -0.0552. The van der Waals surface area contributed by atoms with Gasteiger partial charge in [0.15, 0.2) is 9.84 Å². The molecule has 0 bridgehead atoms. The van der Waals surface area contributed by atoms with Gasteiger partial charge in [-0.2, -0.15) is 0 Å². The molecule has 2 aliphatic carbocycles. The highest BCUT2D eigenvalue weighted by Gasteiger charge is 2.27. The highest BCUT2D eigenvalue weighted by atomic mass is 32.2. The smallest absolute Gasteiger partial charge is 0.257 e. The van der Waals surface area contributed by atoms with E-state index in [0.29, 0.717) is 44.3 Å². The summed E-state index contributed by atoms with van der Waals surface area (Å²) in [7, 11) is -0.529. The van der Waals surface area contributed by atoms with Crippen molar-refractivity contribution in [2.24, 2.45) is 0 Å². The molecule has 0 saturated heterocycles. The summed E-state index contributed by atoms with van der Waals surface area (Å²) >= 11 is 1.56. The fourth-order valence-corrected chi connectivity index (χ4v) is 8.19. The van der Waals surface area contributed by atoms with Gasteiger partial charge in [0.1, 0.15) is 47.5 Å². The van der Waals surface area contributed by atoms with Crippen molar-refractivity contribution in [1.82, 2.24) is 31.2 Å². The summed E-state index contributed by atoms with van der Waals surface area (Å²) in [6, 6.07) is 15.1. The lowest BCUT2D eigenvalue weighted by atomic mass is 9.91. The molecule has 64 heavy (non-hydrogen) atoms. The molecule has 16 nitrogen and oxygen atoms in total. The van der Waals surface area contributed by atoms with Gasteiger partial charge in [-0.1, -0.05) is 12.1 Å². The van der Waals surface area contributed by atoms with Crippen LogP contribution in [0.5, 0.6) is 23.3 Å². The molecule has 344 valence electrons. The van der Waals surface area contributed by atoms with Gasteiger partial charge in [-0.3, -0.25) is 19.2 Å². The van der Waals surface area contributed by atoms with Crippen LogP contribution in [-0.4, -0.2) is 106 Å². The largest absolute Gasteiger partial charge is 0.438 e. The van der Waals surface area contributed by atoms with Crippen LogP contribution >= 0.6 is 11.8 Å². The molecule has 2 aromatic heterocycles. The van der Waals surface area contributed by atoms with Crippen molar-refractivity contribution in [2.45, 2.75) is 85.3 Å². The average molecular weight is 927 g/mol. The Hall–Kier alpha value is -5.70. The third kappa shape index (κ3) is 15.2. The van der Waals surface area contributed by atoms with E-state index in [9.17, 15) is 36.4 Å². The molecule has 0 spiro atoms. The van der Waals surface area contributed by atoms with E-state index in [2.05, 4.69) is 31.2 Å². The van der Waals surface area contributed by atoms with E-state index in [0.717, 1.165) is 48.5 Å². The molecule has 2 aromatic carbocycles. The van der Waals surface area contributed by atoms with Gasteiger partial charge in [0.2, 0.25) is 23.6 Å². The number of rotatable bonds is 16. The average Bonchev–Trinajstić information content (AvgIpc) is 3.26. The van der Waals surface area contributed by atoms with Gasteiger partial charge in [0, 0.05) is 49.5 Å². The van der Waals surface area contributed by atoms with Crippen molar-refractivity contribution >= 4 is 45.2 Å². The Morgan fingerprint density at radius 1 is 0.641 bits per heavy atom. The van der Waals surface area contributed by atoms with E-state index in [1.165, 1.54) is 38.5 Å². The van der Waals surface area contributed by atoms with Crippen LogP contribution in [0, 0.1) is 11.6 Å². The van der Waals surface area contributed by atoms with E-state index in [4.69, 9.17) is 18.9 Å². The fourth-order valence-electron chi connectivity index (χ4n) is 7.09. The number of halogens is 2. The topological polar surface area (TPSA) is 213 Å². The number of methoxy groups -OCH3 is 2. The maximum absolute atomic E-state index is 13.9. The number of thioether (sulfide) groups is 1. The predicted octanol–water partition coefficient (Wildman–Crippen LogP) is 5.76. The molecule has 2 aliphatic rings. The minimum Gasteiger partial charge on any atom is -0.438 e. The number of amides is 4. The number of sulfone groups is 1. The summed E-state index contributed by atoms with van der Waals surface area (Å²) in [5.74, 6) is -2.05. The number of carbonyl (C=O) groups is 4. The second-order valence-electron chi connectivity index (χ2n) is 15.2. The maximum atomic E-state index is 13.9.